The van der Waals surface area contributed by atoms with Crippen LogP contribution in [-0.4, -0.2) is 162 Å². The number of benzene rings is 1. The van der Waals surface area contributed by atoms with Gasteiger partial charge in [-0.15, -0.1) is 0 Å². The van der Waals surface area contributed by atoms with Crippen LogP contribution < -0.4 is 54.0 Å². The van der Waals surface area contributed by atoms with Crippen molar-refractivity contribution in [1.29, 1.82) is 0 Å². The Kier molecular flexibility index (Phi) is 26.7. The molecule has 0 radical (unpaired) electrons. The number of nitrogens with zero attached hydrogens (tertiary/aromatic N) is 1. The van der Waals surface area contributed by atoms with Crippen molar-refractivity contribution >= 4 is 71.1 Å². The largest absolute Gasteiger partial charge is 0.481 e. The number of aliphatic hydroxyl groups excluding tert-OH is 1. The number of hydrogen-bond acceptors (Lipinski definition) is 15. The van der Waals surface area contributed by atoms with Crippen LogP contribution in [0.3, 0.4) is 0 Å². The number of hydrogen-bond donors (Lipinski definition) is 15. The minimum absolute atomic E-state index is 0.150. The third kappa shape index (κ3) is 21.8. The number of nitrogens with one attached hydrogen (secondary N) is 9. The molecule has 28 heteroatoms. The summed E-state index contributed by atoms with van der Waals surface area (Å²) in [5.41, 5.74) is 12.4. The zero-order valence-electron chi connectivity index (χ0n) is 43.1. The first-order valence-electron chi connectivity index (χ1n) is 24.5. The molecule has 0 aliphatic carbocycles. The standard InChI is InChI=1S/C48H72N12O16/c1-7-24(5)38(50)46(73)57-29(16-27-20-51-22-52-27)41(68)56-31(18-36(63)64)42(69)53-28(14-23(3)4)40(67)55-32(19-37(65)66)43(70)54-30(17-35(49)62)44(71)60-39(25(6)8-2)47(74)59-34(21-61)45(72)58-33(48(75)76)15-26-12-10-9-11-13-26/h9-13,20,22-25,28-34,38-39,61H,7-8,14-19,21,50H2,1-6H3,(H2,49,62)(H,51,52)(H,53,69)(H,54,70)(H,55,67)(H,56,68)(H,57,73)(H,58,72)(H,59,74)(H,60,71)(H,63,64)(H,65,66)(H,75,76)/t24-,25-,28-,29-,30-,31-,32-,33-,34-,38-,39-/m0/s1. The van der Waals surface area contributed by atoms with E-state index in [2.05, 4.69) is 52.5 Å². The number of aromatic amines is 1. The minimum Gasteiger partial charge on any atom is -0.481 e. The van der Waals surface area contributed by atoms with Gasteiger partial charge in [-0.2, -0.15) is 0 Å². The number of aromatic nitrogens is 2. The first-order valence-corrected chi connectivity index (χ1v) is 24.5. The maximum absolute atomic E-state index is 13.9. The molecular weight excluding hydrogens is 1000 g/mol. The summed E-state index contributed by atoms with van der Waals surface area (Å²) in [4.78, 5) is 164. The number of carboxylic acids is 3. The Morgan fingerprint density at radius 1 is 0.553 bits per heavy atom. The van der Waals surface area contributed by atoms with Crippen LogP contribution in [0.25, 0.3) is 0 Å². The highest BCUT2D eigenvalue weighted by atomic mass is 16.4. The maximum Gasteiger partial charge on any atom is 0.326 e. The molecular formula is C48H72N12O16. The number of carbonyl (C=O) groups is 12. The van der Waals surface area contributed by atoms with E-state index in [9.17, 15) is 78.0 Å². The van der Waals surface area contributed by atoms with Crippen molar-refractivity contribution in [2.24, 2.45) is 29.2 Å². The predicted molar refractivity (Wildman–Crippen MR) is 267 cm³/mol. The molecule has 0 fully saturated rings. The number of carboxylic acid groups (broad SMARTS) is 3. The zero-order chi connectivity index (χ0) is 57.4. The van der Waals surface area contributed by atoms with Gasteiger partial charge in [0.25, 0.3) is 0 Å². The molecule has 1 aromatic heterocycles. The van der Waals surface area contributed by atoms with Crippen LogP contribution >= 0.6 is 0 Å². The number of primary amides is 1. The Labute approximate surface area is 437 Å². The fraction of sp³-hybridized carbons (Fsp3) is 0.562. The molecule has 76 heavy (non-hydrogen) atoms. The van der Waals surface area contributed by atoms with E-state index >= 15 is 0 Å². The summed E-state index contributed by atoms with van der Waals surface area (Å²) >= 11 is 0. The van der Waals surface area contributed by atoms with E-state index < -0.39 is 163 Å². The molecule has 1 heterocycles. The summed E-state index contributed by atoms with van der Waals surface area (Å²) in [5, 5.41) is 57.8. The molecule has 420 valence electrons. The van der Waals surface area contributed by atoms with Gasteiger partial charge in [0.15, 0.2) is 0 Å². The Balaban J connectivity index is 2.36. The lowest BCUT2D eigenvalue weighted by molar-refractivity contribution is -0.143. The van der Waals surface area contributed by atoms with E-state index in [-0.39, 0.29) is 31.6 Å². The highest BCUT2D eigenvalue weighted by Gasteiger charge is 2.38. The number of nitrogens with two attached hydrogens (primary N) is 2. The van der Waals surface area contributed by atoms with Gasteiger partial charge >= 0.3 is 17.9 Å². The smallest absolute Gasteiger partial charge is 0.326 e. The van der Waals surface area contributed by atoms with Gasteiger partial charge in [-0.05, 0) is 29.7 Å². The molecule has 2 aromatic rings. The molecule has 28 nitrogen and oxygen atoms in total. The highest BCUT2D eigenvalue weighted by molar-refractivity contribution is 6.00. The van der Waals surface area contributed by atoms with Crippen molar-refractivity contribution in [3.8, 4) is 0 Å². The molecule has 0 unspecified atom stereocenters. The monoisotopic (exact) mass is 1070 g/mol. The van der Waals surface area contributed by atoms with E-state index in [0.717, 1.165) is 0 Å². The van der Waals surface area contributed by atoms with Crippen LogP contribution in [0.2, 0.25) is 0 Å². The number of aliphatic hydroxyl groups is 1. The van der Waals surface area contributed by atoms with Crippen molar-refractivity contribution in [2.45, 2.75) is 147 Å². The summed E-state index contributed by atoms with van der Waals surface area (Å²) in [6.07, 6.45) is -0.300. The van der Waals surface area contributed by atoms with Gasteiger partial charge in [0.05, 0.1) is 38.2 Å². The van der Waals surface area contributed by atoms with Gasteiger partial charge in [0, 0.05) is 24.7 Å². The molecule has 0 spiro atoms. The topological polar surface area (TPSA) is 463 Å². The minimum atomic E-state index is -2.04. The summed E-state index contributed by atoms with van der Waals surface area (Å²) in [5.74, 6) is -16.1. The second-order valence-corrected chi connectivity index (χ2v) is 18.7. The Bertz CT molecular complexity index is 2340. The Hall–Kier alpha value is -8.01. The number of rotatable bonds is 34. The van der Waals surface area contributed by atoms with E-state index in [4.69, 9.17) is 11.5 Å². The van der Waals surface area contributed by atoms with Crippen LogP contribution in [0.5, 0.6) is 0 Å². The number of H-pyrrole nitrogens is 1. The predicted octanol–water partition coefficient (Wildman–Crippen LogP) is -3.56. The normalized spacial score (nSPS) is 15.4. The third-order valence-electron chi connectivity index (χ3n) is 12.1. The van der Waals surface area contributed by atoms with E-state index in [1.807, 2.05) is 0 Å². The van der Waals surface area contributed by atoms with Gasteiger partial charge in [-0.1, -0.05) is 84.7 Å². The number of amides is 9. The molecule has 0 bridgehead atoms. The van der Waals surface area contributed by atoms with Crippen molar-refractivity contribution in [3.63, 3.8) is 0 Å². The second kappa shape index (κ2) is 31.7. The van der Waals surface area contributed by atoms with Crippen LogP contribution in [0.15, 0.2) is 42.9 Å². The maximum atomic E-state index is 13.9. The molecule has 11 atom stereocenters. The van der Waals surface area contributed by atoms with Crippen molar-refractivity contribution in [1.82, 2.24) is 52.5 Å². The molecule has 17 N–H and O–H groups in total. The Morgan fingerprint density at radius 2 is 1.00 bits per heavy atom. The van der Waals surface area contributed by atoms with Gasteiger partial charge in [-0.25, -0.2) is 9.78 Å². The zero-order valence-corrected chi connectivity index (χ0v) is 43.1. The van der Waals surface area contributed by atoms with Gasteiger partial charge in [-0.3, -0.25) is 52.7 Å². The van der Waals surface area contributed by atoms with Crippen molar-refractivity contribution in [3.05, 3.63) is 54.1 Å². The van der Waals surface area contributed by atoms with Gasteiger partial charge in [0.1, 0.15) is 48.3 Å². The lowest BCUT2D eigenvalue weighted by Gasteiger charge is -2.29. The van der Waals surface area contributed by atoms with Crippen molar-refractivity contribution in [2.75, 3.05) is 6.61 Å². The number of aliphatic carboxylic acids is 3. The Morgan fingerprint density at radius 3 is 1.46 bits per heavy atom. The molecule has 0 saturated heterocycles. The molecule has 9 amide bonds. The van der Waals surface area contributed by atoms with Crippen LogP contribution in [-0.2, 0) is 70.4 Å². The average Bonchev–Trinajstić information content (AvgIpc) is 3.87. The summed E-state index contributed by atoms with van der Waals surface area (Å²) in [7, 11) is 0. The first kappa shape index (κ1) is 64.1. The summed E-state index contributed by atoms with van der Waals surface area (Å²) < 4.78 is 0. The number of carbonyl (C=O) groups excluding carboxylic acids is 9. The van der Waals surface area contributed by atoms with E-state index in [0.29, 0.717) is 17.7 Å². The van der Waals surface area contributed by atoms with Crippen molar-refractivity contribution < 1.29 is 78.0 Å². The highest BCUT2D eigenvalue weighted by Crippen LogP contribution is 2.13. The fourth-order valence-electron chi connectivity index (χ4n) is 7.31. The molecule has 0 aliphatic rings. The lowest BCUT2D eigenvalue weighted by atomic mass is 9.97. The van der Waals surface area contributed by atoms with E-state index in [1.165, 1.54) is 19.4 Å². The second-order valence-electron chi connectivity index (χ2n) is 18.7. The summed E-state index contributed by atoms with van der Waals surface area (Å²) in [6.45, 7) is 8.88. The summed E-state index contributed by atoms with van der Waals surface area (Å²) in [6, 6.07) is -6.46. The SMILES string of the molecule is CC[C@H](C)[C@H](N)C(=O)N[C@@H](Cc1cnc[nH]1)C(=O)N[C@@H](CC(=O)O)C(=O)N[C@@H](CC(C)C)C(=O)N[C@@H](CC(=O)O)C(=O)N[C@@H](CC(N)=O)C(=O)N[C@H](C(=O)N[C@@H](CO)C(=O)N[C@@H](Cc1ccccc1)C(=O)O)[C@@H](C)CC. The lowest BCUT2D eigenvalue weighted by Crippen LogP contribution is -2.62. The fourth-order valence-corrected chi connectivity index (χ4v) is 7.31. The third-order valence-corrected chi connectivity index (χ3v) is 12.1. The first-order chi connectivity index (χ1) is 35.7. The van der Waals surface area contributed by atoms with Crippen LogP contribution in [0, 0.1) is 17.8 Å². The molecule has 0 saturated carbocycles. The average molecular weight is 1070 g/mol. The van der Waals surface area contributed by atoms with Crippen LogP contribution in [0.1, 0.15) is 91.3 Å². The molecule has 2 rings (SSSR count). The van der Waals surface area contributed by atoms with Gasteiger partial charge in [0.2, 0.25) is 53.2 Å². The quantitative estimate of drug-likeness (QED) is 0.0322. The van der Waals surface area contributed by atoms with Crippen LogP contribution in [0.4, 0.5) is 0 Å². The van der Waals surface area contributed by atoms with Gasteiger partial charge < -0.3 is 79.4 Å². The van der Waals surface area contributed by atoms with E-state index in [1.54, 1.807) is 65.0 Å². The number of imidazole rings is 1. The molecule has 0 aliphatic heterocycles. The molecule has 1 aromatic carbocycles.